The Morgan fingerprint density at radius 1 is 0.812 bits per heavy atom. The number of aliphatic carboxylic acids is 1. The number of carboxylic acids is 1. The lowest BCUT2D eigenvalue weighted by Gasteiger charge is -2.28. The number of phenols is 1. The number of carbonyl (C=O) groups excluding carboxylic acids is 3. The van der Waals surface area contributed by atoms with Crippen molar-refractivity contribution < 1.29 is 29.4 Å². The van der Waals surface area contributed by atoms with Crippen molar-refractivity contribution in [3.63, 3.8) is 0 Å². The first-order valence-corrected chi connectivity index (χ1v) is 16.0. The molecule has 4 atom stereocenters. The van der Waals surface area contributed by atoms with E-state index in [0.29, 0.717) is 24.9 Å². The normalized spacial score (nSPS) is 16.4. The number of nitrogens with one attached hydrogen (secondary N) is 4. The molecule has 8 N–H and O–H groups in total. The number of carbonyl (C=O) groups is 4. The molecule has 48 heavy (non-hydrogen) atoms. The van der Waals surface area contributed by atoms with Gasteiger partial charge in [-0.2, -0.15) is 0 Å². The Hall–Kier alpha value is -5.62. The van der Waals surface area contributed by atoms with E-state index in [1.54, 1.807) is 18.3 Å². The summed E-state index contributed by atoms with van der Waals surface area (Å²) in [7, 11) is 0. The van der Waals surface area contributed by atoms with E-state index in [-0.39, 0.29) is 30.9 Å². The lowest BCUT2D eigenvalue weighted by molar-refractivity contribution is -0.143. The van der Waals surface area contributed by atoms with Gasteiger partial charge in [0.2, 0.25) is 17.7 Å². The molecule has 1 saturated heterocycles. The summed E-state index contributed by atoms with van der Waals surface area (Å²) in [6.45, 7) is 0.353. The molecule has 6 rings (SSSR count). The fourth-order valence-corrected chi connectivity index (χ4v) is 6.48. The zero-order valence-corrected chi connectivity index (χ0v) is 26.2. The first-order valence-electron chi connectivity index (χ1n) is 16.0. The summed E-state index contributed by atoms with van der Waals surface area (Å²) in [5, 5.41) is 26.8. The standard InChI is InChI=1S/C36H38N6O6/c37-27(17-22-19-38-28-8-3-1-6-25(22)28)35(46)42-15-5-10-32(42)34(45)40-30(18-23-20-39-29-9-4-2-7-26(23)29)33(44)41-31(36(47)48)16-21-11-13-24(43)14-12-21/h1-4,6-9,11-14,19-20,27,30-32,38-39,43H,5,10,15-18,37H2,(H,40,45)(H,41,44)(H,47,48). The molecule has 12 nitrogen and oxygen atoms in total. The van der Waals surface area contributed by atoms with Gasteiger partial charge in [-0.15, -0.1) is 0 Å². The molecule has 1 aliphatic heterocycles. The van der Waals surface area contributed by atoms with Crippen LogP contribution in [0, 0.1) is 0 Å². The van der Waals surface area contributed by atoms with Crippen LogP contribution in [0.3, 0.4) is 0 Å². The third kappa shape index (κ3) is 7.03. The number of hydrogen-bond donors (Lipinski definition) is 7. The predicted molar refractivity (Wildman–Crippen MR) is 180 cm³/mol. The summed E-state index contributed by atoms with van der Waals surface area (Å²) in [5.74, 6) is -2.74. The van der Waals surface area contributed by atoms with Crippen LogP contribution in [0.15, 0.2) is 85.2 Å². The van der Waals surface area contributed by atoms with Gasteiger partial charge in [0.1, 0.15) is 23.9 Å². The monoisotopic (exact) mass is 650 g/mol. The Balaban J connectivity index is 1.19. The van der Waals surface area contributed by atoms with Crippen LogP contribution in [0.2, 0.25) is 0 Å². The molecular weight excluding hydrogens is 612 g/mol. The molecule has 4 unspecified atom stereocenters. The van der Waals surface area contributed by atoms with Gasteiger partial charge in [-0.25, -0.2) is 4.79 Å². The maximum Gasteiger partial charge on any atom is 0.326 e. The molecule has 248 valence electrons. The second kappa shape index (κ2) is 14.0. The molecular formula is C36H38N6O6. The van der Waals surface area contributed by atoms with Crippen LogP contribution in [0.4, 0.5) is 0 Å². The van der Waals surface area contributed by atoms with Crippen LogP contribution >= 0.6 is 0 Å². The Morgan fingerprint density at radius 3 is 2.04 bits per heavy atom. The van der Waals surface area contributed by atoms with Gasteiger partial charge in [0.25, 0.3) is 0 Å². The van der Waals surface area contributed by atoms with Crippen LogP contribution in [0.25, 0.3) is 21.8 Å². The van der Waals surface area contributed by atoms with Crippen LogP contribution in [0.1, 0.15) is 29.5 Å². The summed E-state index contributed by atoms with van der Waals surface area (Å²) >= 11 is 0. The number of nitrogens with zero attached hydrogens (tertiary/aromatic N) is 1. The summed E-state index contributed by atoms with van der Waals surface area (Å²) < 4.78 is 0. The first-order chi connectivity index (χ1) is 23.2. The van der Waals surface area contributed by atoms with E-state index in [4.69, 9.17) is 5.73 Å². The van der Waals surface area contributed by atoms with Gasteiger partial charge < -0.3 is 41.4 Å². The quantitative estimate of drug-likeness (QED) is 0.108. The number of aromatic nitrogens is 2. The lowest BCUT2D eigenvalue weighted by Crippen LogP contribution is -2.57. The van der Waals surface area contributed by atoms with Crippen molar-refractivity contribution in [1.29, 1.82) is 0 Å². The first kappa shape index (κ1) is 32.3. The Bertz CT molecular complexity index is 1950. The van der Waals surface area contributed by atoms with Gasteiger partial charge in [0.05, 0.1) is 6.04 Å². The van der Waals surface area contributed by atoms with E-state index in [9.17, 15) is 29.4 Å². The molecule has 0 radical (unpaired) electrons. The largest absolute Gasteiger partial charge is 0.508 e. The molecule has 2 aromatic heterocycles. The minimum Gasteiger partial charge on any atom is -0.508 e. The fourth-order valence-electron chi connectivity index (χ4n) is 6.48. The number of hydrogen-bond acceptors (Lipinski definition) is 6. The molecule has 12 heteroatoms. The lowest BCUT2D eigenvalue weighted by atomic mass is 10.0. The van der Waals surface area contributed by atoms with Crippen molar-refractivity contribution >= 4 is 45.5 Å². The van der Waals surface area contributed by atoms with Gasteiger partial charge in [0.15, 0.2) is 0 Å². The average Bonchev–Trinajstić information content (AvgIpc) is 3.84. The van der Waals surface area contributed by atoms with Crippen molar-refractivity contribution in [1.82, 2.24) is 25.5 Å². The Morgan fingerprint density at radius 2 is 1.42 bits per heavy atom. The van der Waals surface area contributed by atoms with Gasteiger partial charge in [-0.1, -0.05) is 48.5 Å². The molecule has 3 heterocycles. The smallest absolute Gasteiger partial charge is 0.326 e. The van der Waals surface area contributed by atoms with Crippen molar-refractivity contribution in [2.75, 3.05) is 6.54 Å². The Kier molecular flexibility index (Phi) is 9.44. The summed E-state index contributed by atoms with van der Waals surface area (Å²) in [6, 6.07) is 17.2. The third-order valence-corrected chi connectivity index (χ3v) is 8.99. The summed E-state index contributed by atoms with van der Waals surface area (Å²) in [5.41, 5.74) is 10.5. The third-order valence-electron chi connectivity index (χ3n) is 8.99. The Labute approximate surface area is 276 Å². The molecule has 1 aliphatic rings. The topological polar surface area (TPSA) is 194 Å². The number of aromatic hydroxyl groups is 1. The minimum absolute atomic E-state index is 0.0334. The molecule has 3 amide bonds. The van der Waals surface area contributed by atoms with Crippen molar-refractivity contribution in [2.45, 2.75) is 56.3 Å². The number of nitrogens with two attached hydrogens (primary N) is 1. The zero-order valence-electron chi connectivity index (χ0n) is 26.2. The molecule has 0 bridgehead atoms. The second-order valence-electron chi connectivity index (χ2n) is 12.3. The molecule has 1 fully saturated rings. The zero-order chi connectivity index (χ0) is 33.8. The molecule has 3 aromatic carbocycles. The van der Waals surface area contributed by atoms with Crippen molar-refractivity contribution in [3.05, 3.63) is 102 Å². The van der Waals surface area contributed by atoms with E-state index >= 15 is 0 Å². The van der Waals surface area contributed by atoms with E-state index in [1.807, 2.05) is 54.7 Å². The van der Waals surface area contributed by atoms with Crippen LogP contribution in [-0.4, -0.2) is 79.5 Å². The van der Waals surface area contributed by atoms with Gasteiger partial charge in [-0.05, 0) is 60.2 Å². The number of H-pyrrole nitrogens is 2. The number of benzene rings is 3. The number of likely N-dealkylation sites (tertiary alicyclic amines) is 1. The number of rotatable bonds is 12. The number of carboxylic acid groups (broad SMARTS) is 1. The molecule has 0 saturated carbocycles. The minimum atomic E-state index is -1.29. The van der Waals surface area contributed by atoms with E-state index in [1.165, 1.54) is 17.0 Å². The maximum absolute atomic E-state index is 13.8. The van der Waals surface area contributed by atoms with Crippen molar-refractivity contribution in [3.8, 4) is 5.75 Å². The SMILES string of the molecule is NC(Cc1c[nH]c2ccccc12)C(=O)N1CCCC1C(=O)NC(Cc1c[nH]c2ccccc12)C(=O)NC(Cc1ccc(O)cc1)C(=O)O. The maximum atomic E-state index is 13.8. The summed E-state index contributed by atoms with van der Waals surface area (Å²) in [4.78, 5) is 61.3. The number of amides is 3. The van der Waals surface area contributed by atoms with E-state index in [2.05, 4.69) is 20.6 Å². The van der Waals surface area contributed by atoms with E-state index < -0.39 is 42.0 Å². The molecule has 0 spiro atoms. The predicted octanol–water partition coefficient (Wildman–Crippen LogP) is 2.76. The highest BCUT2D eigenvalue weighted by Crippen LogP contribution is 2.24. The molecule has 5 aromatic rings. The highest BCUT2D eigenvalue weighted by Gasteiger charge is 2.38. The van der Waals surface area contributed by atoms with E-state index in [0.717, 1.165) is 32.9 Å². The fraction of sp³-hybridized carbons (Fsp3) is 0.278. The van der Waals surface area contributed by atoms with Gasteiger partial charge >= 0.3 is 5.97 Å². The highest BCUT2D eigenvalue weighted by molar-refractivity contribution is 5.95. The number of aromatic amines is 2. The number of phenolic OH excluding ortho intramolecular Hbond substituents is 1. The van der Waals surface area contributed by atoms with Crippen molar-refractivity contribution in [2.24, 2.45) is 5.73 Å². The number of para-hydroxylation sites is 2. The number of fused-ring (bicyclic) bond motifs is 2. The van der Waals surface area contributed by atoms with Gasteiger partial charge in [-0.3, -0.25) is 14.4 Å². The van der Waals surface area contributed by atoms with Crippen LogP contribution in [0.5, 0.6) is 5.75 Å². The summed E-state index contributed by atoms with van der Waals surface area (Å²) in [6.07, 6.45) is 4.93. The highest BCUT2D eigenvalue weighted by atomic mass is 16.4. The second-order valence-corrected chi connectivity index (χ2v) is 12.3. The van der Waals surface area contributed by atoms with Crippen LogP contribution in [-0.2, 0) is 38.4 Å². The molecule has 0 aliphatic carbocycles. The van der Waals surface area contributed by atoms with Crippen LogP contribution < -0.4 is 16.4 Å². The van der Waals surface area contributed by atoms with Gasteiger partial charge in [0, 0.05) is 53.6 Å². The average molecular weight is 651 g/mol.